The van der Waals surface area contributed by atoms with Crippen molar-refractivity contribution in [3.63, 3.8) is 0 Å². The number of carbonyl (C=O) groups excluding carboxylic acids is 1. The van der Waals surface area contributed by atoms with E-state index in [0.29, 0.717) is 31.1 Å². The summed E-state index contributed by atoms with van der Waals surface area (Å²) in [5.41, 5.74) is 0. The average molecular weight is 289 g/mol. The van der Waals surface area contributed by atoms with Crippen LogP contribution in [0.5, 0.6) is 0 Å². The summed E-state index contributed by atoms with van der Waals surface area (Å²) in [6, 6.07) is 3.74. The summed E-state index contributed by atoms with van der Waals surface area (Å²) in [6.07, 6.45) is 4.71. The van der Waals surface area contributed by atoms with Gasteiger partial charge in [-0.05, 0) is 31.9 Å². The molecule has 3 rings (SSSR count). The monoisotopic (exact) mass is 289 g/mol. The van der Waals surface area contributed by atoms with Crippen LogP contribution in [-0.4, -0.2) is 34.0 Å². The lowest BCUT2D eigenvalue weighted by molar-refractivity contribution is -0.132. The first-order valence-corrected chi connectivity index (χ1v) is 7.33. The van der Waals surface area contributed by atoms with Crippen molar-refractivity contribution < 1.29 is 13.7 Å². The Labute approximate surface area is 123 Å². The highest BCUT2D eigenvalue weighted by atomic mass is 16.5. The second-order valence-corrected chi connectivity index (χ2v) is 5.44. The van der Waals surface area contributed by atoms with Gasteiger partial charge in [0.1, 0.15) is 5.76 Å². The summed E-state index contributed by atoms with van der Waals surface area (Å²) < 4.78 is 10.5. The Morgan fingerprint density at radius 3 is 3.14 bits per heavy atom. The highest BCUT2D eigenvalue weighted by Gasteiger charge is 2.28. The number of aryl methyl sites for hydroxylation is 2. The quantitative estimate of drug-likeness (QED) is 0.863. The summed E-state index contributed by atoms with van der Waals surface area (Å²) in [5.74, 6) is 2.46. The van der Waals surface area contributed by atoms with E-state index in [2.05, 4.69) is 10.1 Å². The molecular weight excluding hydrogens is 270 g/mol. The van der Waals surface area contributed by atoms with Crippen molar-refractivity contribution in [1.29, 1.82) is 0 Å². The maximum Gasteiger partial charge on any atom is 0.231 e. The molecule has 0 N–H and O–H groups in total. The Balaban J connectivity index is 1.56. The van der Waals surface area contributed by atoms with E-state index < -0.39 is 0 Å². The number of likely N-dealkylation sites (tertiary alicyclic amines) is 1. The molecule has 0 bridgehead atoms. The minimum absolute atomic E-state index is 0.160. The van der Waals surface area contributed by atoms with E-state index in [0.717, 1.165) is 25.1 Å². The second kappa shape index (κ2) is 6.11. The van der Waals surface area contributed by atoms with E-state index >= 15 is 0 Å². The lowest BCUT2D eigenvalue weighted by Crippen LogP contribution is -2.39. The molecule has 2 aromatic rings. The van der Waals surface area contributed by atoms with Gasteiger partial charge in [0, 0.05) is 25.9 Å². The molecule has 1 aliphatic rings. The highest BCUT2D eigenvalue weighted by Crippen LogP contribution is 2.26. The number of furan rings is 1. The van der Waals surface area contributed by atoms with Gasteiger partial charge in [0.05, 0.1) is 12.2 Å². The Bertz CT molecular complexity index is 591. The standard InChI is InChI=1S/C15H19N3O3/c1-11-16-15(21-17-11)12-4-2-8-18(10-12)14(19)7-6-13-5-3-9-20-13/h3,5,9,12H,2,4,6-8,10H2,1H3. The molecule has 1 amide bonds. The van der Waals surface area contributed by atoms with E-state index in [1.54, 1.807) is 6.26 Å². The Morgan fingerprint density at radius 2 is 2.43 bits per heavy atom. The smallest absolute Gasteiger partial charge is 0.231 e. The van der Waals surface area contributed by atoms with E-state index in [1.165, 1.54) is 0 Å². The predicted octanol–water partition coefficient (Wildman–Crippen LogP) is 2.31. The molecule has 6 heteroatoms. The van der Waals surface area contributed by atoms with Crippen LogP contribution in [0.2, 0.25) is 0 Å². The van der Waals surface area contributed by atoms with Gasteiger partial charge in [-0.3, -0.25) is 4.79 Å². The third-order valence-electron chi connectivity index (χ3n) is 3.83. The minimum atomic E-state index is 0.160. The van der Waals surface area contributed by atoms with Crippen LogP contribution in [0.4, 0.5) is 0 Å². The van der Waals surface area contributed by atoms with Gasteiger partial charge in [-0.15, -0.1) is 0 Å². The molecule has 0 radical (unpaired) electrons. The Hall–Kier alpha value is -2.11. The van der Waals surface area contributed by atoms with Crippen LogP contribution in [0.15, 0.2) is 27.3 Å². The number of nitrogens with zero attached hydrogens (tertiary/aromatic N) is 3. The molecule has 2 aromatic heterocycles. The number of amides is 1. The average Bonchev–Trinajstić information content (AvgIpc) is 3.16. The van der Waals surface area contributed by atoms with Crippen molar-refractivity contribution in [2.24, 2.45) is 0 Å². The van der Waals surface area contributed by atoms with Crippen molar-refractivity contribution in [3.8, 4) is 0 Å². The van der Waals surface area contributed by atoms with Gasteiger partial charge in [-0.1, -0.05) is 5.16 Å². The number of aromatic nitrogens is 2. The van der Waals surface area contributed by atoms with Crippen LogP contribution >= 0.6 is 0 Å². The number of piperidine rings is 1. The first-order chi connectivity index (χ1) is 10.2. The fourth-order valence-electron chi connectivity index (χ4n) is 2.73. The largest absolute Gasteiger partial charge is 0.469 e. The molecule has 0 saturated carbocycles. The maximum absolute atomic E-state index is 12.3. The topological polar surface area (TPSA) is 72.4 Å². The second-order valence-electron chi connectivity index (χ2n) is 5.44. The molecule has 6 nitrogen and oxygen atoms in total. The zero-order chi connectivity index (χ0) is 14.7. The molecule has 1 aliphatic heterocycles. The van der Waals surface area contributed by atoms with Gasteiger partial charge in [0.15, 0.2) is 5.82 Å². The predicted molar refractivity (Wildman–Crippen MR) is 74.6 cm³/mol. The lowest BCUT2D eigenvalue weighted by Gasteiger charge is -2.31. The molecule has 0 aromatic carbocycles. The molecule has 1 fully saturated rings. The van der Waals surface area contributed by atoms with Gasteiger partial charge in [-0.25, -0.2) is 0 Å². The summed E-state index contributed by atoms with van der Waals surface area (Å²) >= 11 is 0. The number of carbonyl (C=O) groups is 1. The summed E-state index contributed by atoms with van der Waals surface area (Å²) in [4.78, 5) is 18.5. The van der Waals surface area contributed by atoms with E-state index in [9.17, 15) is 4.79 Å². The molecule has 0 spiro atoms. The minimum Gasteiger partial charge on any atom is -0.469 e. The van der Waals surface area contributed by atoms with Gasteiger partial charge in [0.25, 0.3) is 0 Å². The van der Waals surface area contributed by atoms with Crippen molar-refractivity contribution in [2.45, 2.75) is 38.5 Å². The molecule has 1 atom stereocenters. The lowest BCUT2D eigenvalue weighted by atomic mass is 9.97. The van der Waals surface area contributed by atoms with Gasteiger partial charge < -0.3 is 13.8 Å². The first-order valence-electron chi connectivity index (χ1n) is 7.33. The number of rotatable bonds is 4. The maximum atomic E-state index is 12.3. The van der Waals surface area contributed by atoms with Crippen LogP contribution < -0.4 is 0 Å². The van der Waals surface area contributed by atoms with Crippen LogP contribution in [0.3, 0.4) is 0 Å². The molecule has 21 heavy (non-hydrogen) atoms. The molecule has 3 heterocycles. The third kappa shape index (κ3) is 3.32. The van der Waals surface area contributed by atoms with Crippen molar-refractivity contribution in [3.05, 3.63) is 35.9 Å². The van der Waals surface area contributed by atoms with Gasteiger partial charge in [-0.2, -0.15) is 4.98 Å². The van der Waals surface area contributed by atoms with Crippen LogP contribution in [0.1, 0.15) is 42.7 Å². The van der Waals surface area contributed by atoms with Gasteiger partial charge in [0.2, 0.25) is 11.8 Å². The number of hydrogen-bond acceptors (Lipinski definition) is 5. The first kappa shape index (κ1) is 13.9. The molecule has 112 valence electrons. The SMILES string of the molecule is Cc1noc(C2CCCN(C(=O)CCc3ccco3)C2)n1. The van der Waals surface area contributed by atoms with E-state index in [-0.39, 0.29) is 11.8 Å². The fraction of sp³-hybridized carbons (Fsp3) is 0.533. The third-order valence-corrected chi connectivity index (χ3v) is 3.83. The van der Waals surface area contributed by atoms with Crippen LogP contribution in [-0.2, 0) is 11.2 Å². The Kier molecular flexibility index (Phi) is 4.03. The molecule has 0 aliphatic carbocycles. The molecular formula is C15H19N3O3. The summed E-state index contributed by atoms with van der Waals surface area (Å²) in [6.45, 7) is 3.28. The highest BCUT2D eigenvalue weighted by molar-refractivity contribution is 5.76. The molecule has 1 saturated heterocycles. The van der Waals surface area contributed by atoms with Crippen molar-refractivity contribution in [1.82, 2.24) is 15.0 Å². The van der Waals surface area contributed by atoms with E-state index in [1.807, 2.05) is 24.0 Å². The van der Waals surface area contributed by atoms with Crippen LogP contribution in [0, 0.1) is 6.92 Å². The zero-order valence-corrected chi connectivity index (χ0v) is 12.1. The number of hydrogen-bond donors (Lipinski definition) is 0. The fourth-order valence-corrected chi connectivity index (χ4v) is 2.73. The molecule has 1 unspecified atom stereocenters. The van der Waals surface area contributed by atoms with Crippen molar-refractivity contribution >= 4 is 5.91 Å². The van der Waals surface area contributed by atoms with Crippen molar-refractivity contribution in [2.75, 3.05) is 13.1 Å². The van der Waals surface area contributed by atoms with E-state index in [4.69, 9.17) is 8.94 Å². The summed E-state index contributed by atoms with van der Waals surface area (Å²) in [7, 11) is 0. The Morgan fingerprint density at radius 1 is 1.52 bits per heavy atom. The van der Waals surface area contributed by atoms with Crippen LogP contribution in [0.25, 0.3) is 0 Å². The summed E-state index contributed by atoms with van der Waals surface area (Å²) in [5, 5.41) is 3.83. The van der Waals surface area contributed by atoms with Gasteiger partial charge >= 0.3 is 0 Å². The zero-order valence-electron chi connectivity index (χ0n) is 12.1. The normalized spacial score (nSPS) is 18.9.